The second-order valence-electron chi connectivity index (χ2n) is 4.17. The second kappa shape index (κ2) is 3.87. The number of thiazole rings is 1. The standard InChI is InChI=1S/C10H17N3S/c1-7-3-8(7)6-13(2)10-12-5-9(4-11)14-10/h5,7-8H,3-4,6,11H2,1-2H3. The van der Waals surface area contributed by atoms with Crippen molar-refractivity contribution in [2.75, 3.05) is 18.5 Å². The van der Waals surface area contributed by atoms with Gasteiger partial charge in [-0.25, -0.2) is 4.98 Å². The van der Waals surface area contributed by atoms with E-state index in [2.05, 4.69) is 23.9 Å². The third-order valence-electron chi connectivity index (χ3n) is 2.85. The molecule has 0 saturated heterocycles. The van der Waals surface area contributed by atoms with Crippen molar-refractivity contribution in [3.8, 4) is 0 Å². The Balaban J connectivity index is 1.93. The number of aromatic nitrogens is 1. The van der Waals surface area contributed by atoms with Crippen LogP contribution in [0.3, 0.4) is 0 Å². The molecule has 1 saturated carbocycles. The Morgan fingerprint density at radius 1 is 1.71 bits per heavy atom. The summed E-state index contributed by atoms with van der Waals surface area (Å²) in [4.78, 5) is 7.77. The highest BCUT2D eigenvalue weighted by Gasteiger charge is 2.33. The molecule has 0 bridgehead atoms. The molecule has 2 N–H and O–H groups in total. The second-order valence-corrected chi connectivity index (χ2v) is 5.26. The van der Waals surface area contributed by atoms with E-state index >= 15 is 0 Å². The number of hydrogen-bond donors (Lipinski definition) is 1. The van der Waals surface area contributed by atoms with E-state index in [-0.39, 0.29) is 0 Å². The maximum Gasteiger partial charge on any atom is 0.185 e. The van der Waals surface area contributed by atoms with E-state index in [1.807, 2.05) is 6.20 Å². The van der Waals surface area contributed by atoms with Crippen LogP contribution in [0.4, 0.5) is 5.13 Å². The highest BCUT2D eigenvalue weighted by Crippen LogP contribution is 2.39. The zero-order valence-corrected chi connectivity index (χ0v) is 9.55. The van der Waals surface area contributed by atoms with Crippen molar-refractivity contribution < 1.29 is 0 Å². The Morgan fingerprint density at radius 3 is 2.93 bits per heavy atom. The molecule has 1 aliphatic carbocycles. The van der Waals surface area contributed by atoms with E-state index in [4.69, 9.17) is 5.73 Å². The minimum atomic E-state index is 0.603. The molecule has 2 unspecified atom stereocenters. The normalized spacial score (nSPS) is 25.1. The number of hydrogen-bond acceptors (Lipinski definition) is 4. The van der Waals surface area contributed by atoms with Gasteiger partial charge in [0.05, 0.1) is 0 Å². The number of anilines is 1. The Bertz CT molecular complexity index is 310. The molecular weight excluding hydrogens is 194 g/mol. The van der Waals surface area contributed by atoms with Crippen molar-refractivity contribution in [2.24, 2.45) is 17.6 Å². The molecular formula is C10H17N3S. The summed E-state index contributed by atoms with van der Waals surface area (Å²) in [6.07, 6.45) is 3.26. The summed E-state index contributed by atoms with van der Waals surface area (Å²) in [6.45, 7) is 4.05. The summed E-state index contributed by atoms with van der Waals surface area (Å²) in [5.74, 6) is 1.79. The van der Waals surface area contributed by atoms with E-state index in [1.165, 1.54) is 6.42 Å². The SMILES string of the molecule is CC1CC1CN(C)c1ncc(CN)s1. The molecule has 0 aromatic carbocycles. The number of nitrogens with zero attached hydrogens (tertiary/aromatic N) is 2. The van der Waals surface area contributed by atoms with Gasteiger partial charge in [-0.05, 0) is 18.3 Å². The molecule has 1 aliphatic rings. The molecule has 1 fully saturated rings. The van der Waals surface area contributed by atoms with Crippen molar-refractivity contribution in [1.29, 1.82) is 0 Å². The van der Waals surface area contributed by atoms with Crippen LogP contribution >= 0.6 is 11.3 Å². The van der Waals surface area contributed by atoms with Crippen LogP contribution in [0.25, 0.3) is 0 Å². The first-order chi connectivity index (χ1) is 6.70. The molecule has 3 nitrogen and oxygen atoms in total. The molecule has 1 aromatic heterocycles. The topological polar surface area (TPSA) is 42.2 Å². The van der Waals surface area contributed by atoms with Gasteiger partial charge in [0, 0.05) is 31.2 Å². The van der Waals surface area contributed by atoms with Gasteiger partial charge in [-0.15, -0.1) is 11.3 Å². The first-order valence-corrected chi connectivity index (χ1v) is 5.88. The lowest BCUT2D eigenvalue weighted by atomic mass is 10.3. The molecule has 0 amide bonds. The zero-order valence-electron chi connectivity index (χ0n) is 8.73. The number of nitrogens with two attached hydrogens (primary N) is 1. The van der Waals surface area contributed by atoms with E-state index < -0.39 is 0 Å². The summed E-state index contributed by atoms with van der Waals surface area (Å²) in [6, 6.07) is 0. The molecule has 78 valence electrons. The highest BCUT2D eigenvalue weighted by molar-refractivity contribution is 7.15. The van der Waals surface area contributed by atoms with E-state index in [1.54, 1.807) is 11.3 Å². The van der Waals surface area contributed by atoms with Gasteiger partial charge in [0.25, 0.3) is 0 Å². The van der Waals surface area contributed by atoms with E-state index in [0.29, 0.717) is 6.54 Å². The Hall–Kier alpha value is -0.610. The third-order valence-corrected chi connectivity index (χ3v) is 3.99. The van der Waals surface area contributed by atoms with Gasteiger partial charge in [0.15, 0.2) is 5.13 Å². The molecule has 0 radical (unpaired) electrons. The van der Waals surface area contributed by atoms with Gasteiger partial charge in [0.2, 0.25) is 0 Å². The van der Waals surface area contributed by atoms with E-state index in [0.717, 1.165) is 28.4 Å². The van der Waals surface area contributed by atoms with Gasteiger partial charge in [-0.3, -0.25) is 0 Å². The smallest absolute Gasteiger partial charge is 0.185 e. The lowest BCUT2D eigenvalue weighted by Crippen LogP contribution is -2.20. The fraction of sp³-hybridized carbons (Fsp3) is 0.700. The highest BCUT2D eigenvalue weighted by atomic mass is 32.1. The zero-order chi connectivity index (χ0) is 10.1. The van der Waals surface area contributed by atoms with Crippen molar-refractivity contribution in [3.05, 3.63) is 11.1 Å². The first-order valence-electron chi connectivity index (χ1n) is 5.06. The average Bonchev–Trinajstić information content (AvgIpc) is 2.72. The van der Waals surface area contributed by atoms with Gasteiger partial charge in [-0.2, -0.15) is 0 Å². The fourth-order valence-electron chi connectivity index (χ4n) is 1.65. The summed E-state index contributed by atoms with van der Waals surface area (Å²) in [5.41, 5.74) is 5.55. The monoisotopic (exact) mass is 211 g/mol. The minimum absolute atomic E-state index is 0.603. The lowest BCUT2D eigenvalue weighted by molar-refractivity contribution is 0.724. The molecule has 2 rings (SSSR count). The average molecular weight is 211 g/mol. The van der Waals surface area contributed by atoms with Gasteiger partial charge < -0.3 is 10.6 Å². The lowest BCUT2D eigenvalue weighted by Gasteiger charge is -2.14. The van der Waals surface area contributed by atoms with Crippen LogP contribution < -0.4 is 10.6 Å². The molecule has 14 heavy (non-hydrogen) atoms. The van der Waals surface area contributed by atoms with Crippen LogP contribution in [0, 0.1) is 11.8 Å². The van der Waals surface area contributed by atoms with Crippen LogP contribution in [0.5, 0.6) is 0 Å². The molecule has 0 spiro atoms. The van der Waals surface area contributed by atoms with Gasteiger partial charge >= 0.3 is 0 Å². The summed E-state index contributed by atoms with van der Waals surface area (Å²) < 4.78 is 0. The third kappa shape index (κ3) is 2.07. The van der Waals surface area contributed by atoms with Crippen LogP contribution in [0.2, 0.25) is 0 Å². The summed E-state index contributed by atoms with van der Waals surface area (Å²) in [5, 5.41) is 1.10. The maximum atomic E-state index is 5.55. The fourth-order valence-corrected chi connectivity index (χ4v) is 2.41. The Labute approximate surface area is 88.9 Å². The largest absolute Gasteiger partial charge is 0.351 e. The predicted octanol–water partition coefficient (Wildman–Crippen LogP) is 1.69. The Morgan fingerprint density at radius 2 is 2.43 bits per heavy atom. The summed E-state index contributed by atoms with van der Waals surface area (Å²) in [7, 11) is 2.12. The molecule has 0 aliphatic heterocycles. The maximum absolute atomic E-state index is 5.55. The predicted molar refractivity (Wildman–Crippen MR) is 60.5 cm³/mol. The van der Waals surface area contributed by atoms with Crippen LogP contribution in [-0.2, 0) is 6.54 Å². The number of rotatable bonds is 4. The van der Waals surface area contributed by atoms with Crippen LogP contribution in [0.15, 0.2) is 6.20 Å². The summed E-state index contributed by atoms with van der Waals surface area (Å²) >= 11 is 1.70. The Kier molecular flexibility index (Phi) is 2.74. The van der Waals surface area contributed by atoms with E-state index in [9.17, 15) is 0 Å². The van der Waals surface area contributed by atoms with Crippen molar-refractivity contribution in [3.63, 3.8) is 0 Å². The quantitative estimate of drug-likeness (QED) is 0.824. The van der Waals surface area contributed by atoms with Gasteiger partial charge in [-0.1, -0.05) is 6.92 Å². The van der Waals surface area contributed by atoms with Crippen molar-refractivity contribution in [1.82, 2.24) is 4.98 Å². The molecule has 2 atom stereocenters. The molecule has 1 aromatic rings. The first kappa shape index (κ1) is 9.93. The van der Waals surface area contributed by atoms with Crippen molar-refractivity contribution in [2.45, 2.75) is 19.9 Å². The van der Waals surface area contributed by atoms with Crippen molar-refractivity contribution >= 4 is 16.5 Å². The van der Waals surface area contributed by atoms with Crippen LogP contribution in [-0.4, -0.2) is 18.6 Å². The van der Waals surface area contributed by atoms with Crippen LogP contribution in [0.1, 0.15) is 18.2 Å². The van der Waals surface area contributed by atoms with Gasteiger partial charge in [0.1, 0.15) is 0 Å². The minimum Gasteiger partial charge on any atom is -0.351 e. The molecule has 4 heteroatoms. The molecule has 1 heterocycles.